The van der Waals surface area contributed by atoms with E-state index in [1.54, 1.807) is 7.11 Å². The van der Waals surface area contributed by atoms with Gasteiger partial charge in [-0.25, -0.2) is 4.98 Å². The lowest BCUT2D eigenvalue weighted by Gasteiger charge is -2.25. The fraction of sp³-hybridized carbons (Fsp3) is 0.296. The van der Waals surface area contributed by atoms with Crippen LogP contribution in [0.1, 0.15) is 23.6 Å². The van der Waals surface area contributed by atoms with Crippen LogP contribution >= 0.6 is 11.3 Å². The SMILES string of the molecule is COc1ccc(C(CNC(=O)CCn2cnc3scc(-c4ccc(C)cc4)c3c2=O)N(C)C)cc1. The van der Waals surface area contributed by atoms with E-state index in [9.17, 15) is 9.59 Å². The fourth-order valence-corrected chi connectivity index (χ4v) is 4.92. The number of nitrogens with one attached hydrogen (secondary N) is 1. The molecule has 0 aliphatic heterocycles. The van der Waals surface area contributed by atoms with Gasteiger partial charge in [0.05, 0.1) is 24.9 Å². The Morgan fingerprint density at radius 3 is 2.51 bits per heavy atom. The van der Waals surface area contributed by atoms with Gasteiger partial charge in [-0.2, -0.15) is 0 Å². The van der Waals surface area contributed by atoms with Crippen LogP contribution in [0, 0.1) is 6.92 Å². The molecule has 2 aromatic carbocycles. The Balaban J connectivity index is 1.43. The lowest BCUT2D eigenvalue weighted by atomic mass is 10.1. The first-order valence-electron chi connectivity index (χ1n) is 11.5. The number of hydrogen-bond acceptors (Lipinski definition) is 6. The number of hydrogen-bond donors (Lipinski definition) is 1. The molecule has 4 rings (SSSR count). The summed E-state index contributed by atoms with van der Waals surface area (Å²) in [6.45, 7) is 2.77. The Morgan fingerprint density at radius 2 is 1.86 bits per heavy atom. The third-order valence-corrected chi connectivity index (χ3v) is 7.01. The predicted molar refractivity (Wildman–Crippen MR) is 141 cm³/mol. The summed E-state index contributed by atoms with van der Waals surface area (Å²) in [5.74, 6) is 0.684. The van der Waals surface area contributed by atoms with Gasteiger partial charge in [-0.3, -0.25) is 14.2 Å². The Morgan fingerprint density at radius 1 is 1.14 bits per heavy atom. The highest BCUT2D eigenvalue weighted by atomic mass is 32.1. The molecule has 1 atom stereocenters. The van der Waals surface area contributed by atoms with E-state index in [0.29, 0.717) is 16.8 Å². The first kappa shape index (κ1) is 24.6. The lowest BCUT2D eigenvalue weighted by molar-refractivity contribution is -0.121. The average molecular weight is 491 g/mol. The summed E-state index contributed by atoms with van der Waals surface area (Å²) in [4.78, 5) is 33.1. The molecule has 0 aliphatic rings. The van der Waals surface area contributed by atoms with Crippen molar-refractivity contribution in [2.24, 2.45) is 0 Å². The number of amides is 1. The lowest BCUT2D eigenvalue weighted by Crippen LogP contribution is -2.35. The molecule has 1 N–H and O–H groups in total. The molecule has 35 heavy (non-hydrogen) atoms. The van der Waals surface area contributed by atoms with Gasteiger partial charge in [0.25, 0.3) is 5.56 Å². The number of aromatic nitrogens is 2. The molecular weight excluding hydrogens is 460 g/mol. The summed E-state index contributed by atoms with van der Waals surface area (Å²) >= 11 is 1.46. The van der Waals surface area contributed by atoms with E-state index in [1.165, 1.54) is 27.8 Å². The van der Waals surface area contributed by atoms with Crippen molar-refractivity contribution < 1.29 is 9.53 Å². The highest BCUT2D eigenvalue weighted by molar-refractivity contribution is 7.17. The van der Waals surface area contributed by atoms with Crippen molar-refractivity contribution in [3.8, 4) is 16.9 Å². The second-order valence-electron chi connectivity index (χ2n) is 8.75. The van der Waals surface area contributed by atoms with Crippen LogP contribution in [-0.4, -0.2) is 48.1 Å². The van der Waals surface area contributed by atoms with Crippen molar-refractivity contribution in [2.45, 2.75) is 25.9 Å². The number of aryl methyl sites for hydroxylation is 2. The maximum Gasteiger partial charge on any atom is 0.262 e. The predicted octanol–water partition coefficient (Wildman–Crippen LogP) is 4.25. The number of fused-ring (bicyclic) bond motifs is 1. The summed E-state index contributed by atoms with van der Waals surface area (Å²) in [7, 11) is 5.60. The highest BCUT2D eigenvalue weighted by Crippen LogP contribution is 2.30. The van der Waals surface area contributed by atoms with Crippen molar-refractivity contribution in [3.05, 3.63) is 81.7 Å². The fourth-order valence-electron chi connectivity index (χ4n) is 4.02. The number of ether oxygens (including phenoxy) is 1. The van der Waals surface area contributed by atoms with Crippen LogP contribution < -0.4 is 15.6 Å². The molecule has 2 aromatic heterocycles. The van der Waals surface area contributed by atoms with Crippen molar-refractivity contribution >= 4 is 27.5 Å². The average Bonchev–Trinajstić information content (AvgIpc) is 3.29. The van der Waals surface area contributed by atoms with Crippen LogP contribution in [0.2, 0.25) is 0 Å². The molecule has 1 unspecified atom stereocenters. The minimum atomic E-state index is -0.121. The highest BCUT2D eigenvalue weighted by Gasteiger charge is 2.17. The quantitative estimate of drug-likeness (QED) is 0.380. The molecule has 1 amide bonds. The Bertz CT molecular complexity index is 1360. The smallest absolute Gasteiger partial charge is 0.262 e. The van der Waals surface area contributed by atoms with Crippen molar-refractivity contribution in [2.75, 3.05) is 27.7 Å². The minimum absolute atomic E-state index is 0.0217. The molecule has 0 radical (unpaired) electrons. The molecule has 0 bridgehead atoms. The number of thiophene rings is 1. The molecule has 2 heterocycles. The molecule has 0 saturated carbocycles. The van der Waals surface area contributed by atoms with Gasteiger partial charge in [-0.1, -0.05) is 42.0 Å². The van der Waals surface area contributed by atoms with Crippen LogP contribution in [0.4, 0.5) is 0 Å². The molecular formula is C27H30N4O3S. The number of nitrogens with zero attached hydrogens (tertiary/aromatic N) is 3. The summed E-state index contributed by atoms with van der Waals surface area (Å²) < 4.78 is 6.76. The van der Waals surface area contributed by atoms with Crippen LogP contribution in [0.15, 0.2) is 65.0 Å². The Labute approximate surface area is 209 Å². The molecule has 0 saturated heterocycles. The van der Waals surface area contributed by atoms with Gasteiger partial charge in [0.1, 0.15) is 10.6 Å². The zero-order valence-electron chi connectivity index (χ0n) is 20.4. The number of benzene rings is 2. The largest absolute Gasteiger partial charge is 0.497 e. The van der Waals surface area contributed by atoms with Gasteiger partial charge < -0.3 is 15.0 Å². The van der Waals surface area contributed by atoms with Gasteiger partial charge in [-0.15, -0.1) is 11.3 Å². The van der Waals surface area contributed by atoms with E-state index >= 15 is 0 Å². The van der Waals surface area contributed by atoms with Crippen LogP contribution in [-0.2, 0) is 11.3 Å². The Hall–Kier alpha value is -3.49. The van der Waals surface area contributed by atoms with E-state index < -0.39 is 0 Å². The van der Waals surface area contributed by atoms with E-state index in [-0.39, 0.29) is 30.5 Å². The monoisotopic (exact) mass is 490 g/mol. The van der Waals surface area contributed by atoms with Crippen molar-refractivity contribution in [1.29, 1.82) is 0 Å². The van der Waals surface area contributed by atoms with Gasteiger partial charge in [-0.05, 0) is 44.3 Å². The number of methoxy groups -OCH3 is 1. The van der Waals surface area contributed by atoms with Gasteiger partial charge in [0, 0.05) is 30.5 Å². The summed E-state index contributed by atoms with van der Waals surface area (Å²) in [6, 6.07) is 16.0. The Kier molecular flexibility index (Phi) is 7.63. The molecule has 0 aliphatic carbocycles. The van der Waals surface area contributed by atoms with Crippen LogP contribution in [0.25, 0.3) is 21.3 Å². The summed E-state index contributed by atoms with van der Waals surface area (Å²) in [6.07, 6.45) is 1.73. The molecule has 0 spiro atoms. The second kappa shape index (κ2) is 10.8. The van der Waals surface area contributed by atoms with Gasteiger partial charge in [0.15, 0.2) is 0 Å². The van der Waals surface area contributed by atoms with E-state index in [0.717, 1.165) is 22.4 Å². The first-order chi connectivity index (χ1) is 16.9. The van der Waals surface area contributed by atoms with E-state index in [4.69, 9.17) is 4.74 Å². The number of carbonyl (C=O) groups is 1. The molecule has 0 fully saturated rings. The second-order valence-corrected chi connectivity index (χ2v) is 9.60. The summed E-state index contributed by atoms with van der Waals surface area (Å²) in [5, 5.41) is 5.59. The maximum absolute atomic E-state index is 13.2. The van der Waals surface area contributed by atoms with Gasteiger partial charge >= 0.3 is 0 Å². The zero-order chi connectivity index (χ0) is 24.9. The van der Waals surface area contributed by atoms with Crippen LogP contribution in [0.5, 0.6) is 5.75 Å². The molecule has 7 nitrogen and oxygen atoms in total. The maximum atomic E-state index is 13.2. The summed E-state index contributed by atoms with van der Waals surface area (Å²) in [5.41, 5.74) is 4.00. The number of carbonyl (C=O) groups excluding carboxylic acids is 1. The zero-order valence-corrected chi connectivity index (χ0v) is 21.3. The van der Waals surface area contributed by atoms with E-state index in [2.05, 4.69) is 15.2 Å². The van der Waals surface area contributed by atoms with Crippen molar-refractivity contribution in [1.82, 2.24) is 19.8 Å². The number of likely N-dealkylation sites (N-methyl/N-ethyl adjacent to an activating group) is 1. The molecule has 182 valence electrons. The number of rotatable bonds is 9. The van der Waals surface area contributed by atoms with Crippen LogP contribution in [0.3, 0.4) is 0 Å². The third-order valence-electron chi connectivity index (χ3n) is 6.12. The van der Waals surface area contributed by atoms with Crippen molar-refractivity contribution in [3.63, 3.8) is 0 Å². The minimum Gasteiger partial charge on any atom is -0.497 e. The topological polar surface area (TPSA) is 76.5 Å². The van der Waals surface area contributed by atoms with Gasteiger partial charge in [0.2, 0.25) is 5.91 Å². The van der Waals surface area contributed by atoms with E-state index in [1.807, 2.05) is 74.9 Å². The third kappa shape index (κ3) is 5.61. The molecule has 8 heteroatoms. The first-order valence-corrected chi connectivity index (χ1v) is 12.4. The molecule has 4 aromatic rings. The standard InChI is InChI=1S/C27H30N4O3S/c1-18-5-7-19(8-6-18)22-16-35-26-25(22)27(33)31(17-29-26)14-13-24(32)28-15-23(30(2)3)20-9-11-21(34-4)12-10-20/h5-12,16-17,23H,13-15H2,1-4H3,(H,28,32). The normalized spacial score (nSPS) is 12.1.